The molecule has 5 nitrogen and oxygen atoms in total. The number of rotatable bonds is 6. The zero-order valence-corrected chi connectivity index (χ0v) is 10.4. The lowest BCUT2D eigenvalue weighted by Gasteiger charge is -2.18. The highest BCUT2D eigenvalue weighted by molar-refractivity contribution is 5.78. The molecule has 0 aliphatic rings. The van der Waals surface area contributed by atoms with Gasteiger partial charge in [0.25, 0.3) is 0 Å². The van der Waals surface area contributed by atoms with Crippen molar-refractivity contribution >= 4 is 11.9 Å². The first-order valence-corrected chi connectivity index (χ1v) is 5.78. The summed E-state index contributed by atoms with van der Waals surface area (Å²) in [7, 11) is 1.35. The average Bonchev–Trinajstić information content (AvgIpc) is 2.43. The first-order valence-electron chi connectivity index (χ1n) is 5.78. The minimum Gasteiger partial charge on any atom is -0.469 e. The van der Waals surface area contributed by atoms with Gasteiger partial charge in [-0.1, -0.05) is 30.3 Å². The highest BCUT2D eigenvalue weighted by atomic mass is 16.5. The largest absolute Gasteiger partial charge is 0.469 e. The lowest BCUT2D eigenvalue weighted by atomic mass is 10.0. The summed E-state index contributed by atoms with van der Waals surface area (Å²) in [5.41, 5.74) is 6.22. The zero-order chi connectivity index (χ0) is 13.4. The van der Waals surface area contributed by atoms with E-state index in [0.717, 1.165) is 5.56 Å². The fourth-order valence-electron chi connectivity index (χ4n) is 1.63. The molecule has 0 heterocycles. The van der Waals surface area contributed by atoms with E-state index in [-0.39, 0.29) is 30.9 Å². The predicted molar refractivity (Wildman–Crippen MR) is 67.6 cm³/mol. The molecule has 0 aliphatic carbocycles. The van der Waals surface area contributed by atoms with Gasteiger partial charge in [0.2, 0.25) is 5.91 Å². The third kappa shape index (κ3) is 4.55. The van der Waals surface area contributed by atoms with Gasteiger partial charge in [0.1, 0.15) is 0 Å². The Bertz CT molecular complexity index is 392. The number of hydrogen-bond acceptors (Lipinski definition) is 4. The summed E-state index contributed by atoms with van der Waals surface area (Å²) in [6.45, 7) is -0.0679. The van der Waals surface area contributed by atoms with E-state index in [4.69, 9.17) is 5.73 Å². The van der Waals surface area contributed by atoms with Gasteiger partial charge in [0.15, 0.2) is 0 Å². The second kappa shape index (κ2) is 7.45. The lowest BCUT2D eigenvalue weighted by molar-refractivity contribution is -0.141. The van der Waals surface area contributed by atoms with Gasteiger partial charge in [-0.2, -0.15) is 0 Å². The maximum Gasteiger partial charge on any atom is 0.305 e. The molecular formula is C13H18N2O3. The van der Waals surface area contributed by atoms with Crippen LogP contribution in [0.15, 0.2) is 30.3 Å². The molecular weight excluding hydrogens is 232 g/mol. The van der Waals surface area contributed by atoms with E-state index in [1.807, 2.05) is 30.3 Å². The van der Waals surface area contributed by atoms with Gasteiger partial charge in [0.05, 0.1) is 19.7 Å². The average molecular weight is 250 g/mol. The summed E-state index contributed by atoms with van der Waals surface area (Å²) in [4.78, 5) is 22.5. The summed E-state index contributed by atoms with van der Waals surface area (Å²) in [6.07, 6.45) is 0.739. The maximum atomic E-state index is 11.4. The molecule has 1 aromatic rings. The highest BCUT2D eigenvalue weighted by Crippen LogP contribution is 2.18. The molecule has 0 aliphatic heterocycles. The van der Waals surface area contributed by atoms with Crippen LogP contribution >= 0.6 is 0 Å². The molecule has 1 unspecified atom stereocenters. The molecule has 0 saturated heterocycles. The Labute approximate surface area is 106 Å². The van der Waals surface area contributed by atoms with E-state index in [2.05, 4.69) is 10.1 Å². The number of benzene rings is 1. The number of nitrogens with one attached hydrogen (secondary N) is 1. The standard InChI is InChI=1S/C13H18N2O3/c1-18-13(17)8-7-11(15-12(16)9-14)10-5-3-2-4-6-10/h2-6,11H,7-9,14H2,1H3,(H,15,16). The van der Waals surface area contributed by atoms with Crippen molar-refractivity contribution in [1.29, 1.82) is 0 Å². The smallest absolute Gasteiger partial charge is 0.305 e. The van der Waals surface area contributed by atoms with Gasteiger partial charge >= 0.3 is 5.97 Å². The van der Waals surface area contributed by atoms with Crippen molar-refractivity contribution in [1.82, 2.24) is 5.32 Å². The summed E-state index contributed by atoms with van der Waals surface area (Å²) < 4.78 is 4.59. The van der Waals surface area contributed by atoms with Gasteiger partial charge in [-0.15, -0.1) is 0 Å². The summed E-state index contributed by atoms with van der Waals surface area (Å²) >= 11 is 0. The minimum atomic E-state index is -0.294. The first-order chi connectivity index (χ1) is 8.67. The quantitative estimate of drug-likeness (QED) is 0.730. The van der Waals surface area contributed by atoms with Crippen molar-refractivity contribution in [2.45, 2.75) is 18.9 Å². The van der Waals surface area contributed by atoms with E-state index < -0.39 is 0 Å². The van der Waals surface area contributed by atoms with Gasteiger partial charge < -0.3 is 15.8 Å². The Morgan fingerprint density at radius 1 is 1.33 bits per heavy atom. The molecule has 0 bridgehead atoms. The van der Waals surface area contributed by atoms with Crippen molar-refractivity contribution in [3.63, 3.8) is 0 Å². The Morgan fingerprint density at radius 2 is 2.00 bits per heavy atom. The number of amides is 1. The van der Waals surface area contributed by atoms with Crippen molar-refractivity contribution in [3.8, 4) is 0 Å². The number of nitrogens with two attached hydrogens (primary N) is 1. The third-order valence-corrected chi connectivity index (χ3v) is 2.59. The van der Waals surface area contributed by atoms with Crippen molar-refractivity contribution in [3.05, 3.63) is 35.9 Å². The second-order valence-electron chi connectivity index (χ2n) is 3.85. The molecule has 0 aromatic heterocycles. The second-order valence-corrected chi connectivity index (χ2v) is 3.85. The number of esters is 1. The van der Waals surface area contributed by atoms with Crippen LogP contribution in [0, 0.1) is 0 Å². The van der Waals surface area contributed by atoms with E-state index in [1.165, 1.54) is 7.11 Å². The van der Waals surface area contributed by atoms with Crippen LogP contribution in [-0.2, 0) is 14.3 Å². The summed E-state index contributed by atoms with van der Waals surface area (Å²) in [6, 6.07) is 9.24. The normalized spacial score (nSPS) is 11.7. The van der Waals surface area contributed by atoms with Gasteiger partial charge in [-0.25, -0.2) is 0 Å². The van der Waals surface area contributed by atoms with E-state index in [9.17, 15) is 9.59 Å². The molecule has 3 N–H and O–H groups in total. The van der Waals surface area contributed by atoms with Crippen molar-refractivity contribution in [2.24, 2.45) is 5.73 Å². The van der Waals surface area contributed by atoms with Crippen LogP contribution in [0.3, 0.4) is 0 Å². The maximum absolute atomic E-state index is 11.4. The molecule has 0 spiro atoms. The van der Waals surface area contributed by atoms with Crippen LogP contribution in [0.5, 0.6) is 0 Å². The molecule has 0 saturated carbocycles. The van der Waals surface area contributed by atoms with Gasteiger partial charge in [-0.05, 0) is 12.0 Å². The first kappa shape index (κ1) is 14.2. The van der Waals surface area contributed by atoms with E-state index in [0.29, 0.717) is 6.42 Å². The van der Waals surface area contributed by atoms with Crippen molar-refractivity contribution < 1.29 is 14.3 Å². The third-order valence-electron chi connectivity index (χ3n) is 2.59. The molecule has 0 fully saturated rings. The minimum absolute atomic E-state index is 0.0679. The monoisotopic (exact) mass is 250 g/mol. The Balaban J connectivity index is 2.69. The molecule has 18 heavy (non-hydrogen) atoms. The number of methoxy groups -OCH3 is 1. The molecule has 1 atom stereocenters. The summed E-state index contributed by atoms with van der Waals surface area (Å²) in [5.74, 6) is -0.536. The SMILES string of the molecule is COC(=O)CCC(NC(=O)CN)c1ccccc1. The van der Waals surface area contributed by atoms with Crippen molar-refractivity contribution in [2.75, 3.05) is 13.7 Å². The van der Waals surface area contributed by atoms with Crippen LogP contribution < -0.4 is 11.1 Å². The number of carbonyl (C=O) groups excluding carboxylic acids is 2. The Morgan fingerprint density at radius 3 is 2.56 bits per heavy atom. The fourth-order valence-corrected chi connectivity index (χ4v) is 1.63. The van der Waals surface area contributed by atoms with Crippen LogP contribution in [0.1, 0.15) is 24.4 Å². The van der Waals surface area contributed by atoms with Crippen LogP contribution in [0.2, 0.25) is 0 Å². The van der Waals surface area contributed by atoms with Crippen LogP contribution in [0.25, 0.3) is 0 Å². The van der Waals surface area contributed by atoms with Gasteiger partial charge in [-0.3, -0.25) is 9.59 Å². The molecule has 0 radical (unpaired) electrons. The lowest BCUT2D eigenvalue weighted by Crippen LogP contribution is -2.34. The zero-order valence-electron chi connectivity index (χ0n) is 10.4. The predicted octanol–water partition coefficient (Wildman–Crippen LogP) is 0.756. The Kier molecular flexibility index (Phi) is 5.87. The molecule has 5 heteroatoms. The van der Waals surface area contributed by atoms with E-state index in [1.54, 1.807) is 0 Å². The molecule has 1 aromatic carbocycles. The van der Waals surface area contributed by atoms with Crippen LogP contribution in [-0.4, -0.2) is 25.5 Å². The number of carbonyl (C=O) groups is 2. The molecule has 1 amide bonds. The Hall–Kier alpha value is -1.88. The van der Waals surface area contributed by atoms with Gasteiger partial charge in [0, 0.05) is 6.42 Å². The molecule has 98 valence electrons. The number of ether oxygens (including phenoxy) is 1. The topological polar surface area (TPSA) is 81.4 Å². The van der Waals surface area contributed by atoms with Crippen LogP contribution in [0.4, 0.5) is 0 Å². The molecule has 1 rings (SSSR count). The van der Waals surface area contributed by atoms with E-state index >= 15 is 0 Å². The highest BCUT2D eigenvalue weighted by Gasteiger charge is 2.15. The summed E-state index contributed by atoms with van der Waals surface area (Å²) in [5, 5.41) is 2.79. The number of hydrogen-bond donors (Lipinski definition) is 2. The fraction of sp³-hybridized carbons (Fsp3) is 0.385.